The van der Waals surface area contributed by atoms with Gasteiger partial charge in [-0.1, -0.05) is 18.2 Å². The van der Waals surface area contributed by atoms with E-state index >= 15 is 0 Å². The number of carbonyl (C=O) groups excluding carboxylic acids is 2. The smallest absolute Gasteiger partial charge is 0.312 e. The van der Waals surface area contributed by atoms with E-state index in [4.69, 9.17) is 5.84 Å². The van der Waals surface area contributed by atoms with Crippen LogP contribution in [-0.4, -0.2) is 57.0 Å². The molecule has 0 spiro atoms. The number of aliphatic carboxylic acids is 1. The van der Waals surface area contributed by atoms with Gasteiger partial charge in [-0.2, -0.15) is 5.10 Å². The van der Waals surface area contributed by atoms with E-state index in [-0.39, 0.29) is 29.1 Å². The number of nitrogens with zero attached hydrogens (tertiary/aromatic N) is 1. The molecule has 0 aromatic heterocycles. The molecule has 11 nitrogen and oxygen atoms in total. The van der Waals surface area contributed by atoms with Gasteiger partial charge in [-0.25, -0.2) is 8.42 Å². The summed E-state index contributed by atoms with van der Waals surface area (Å²) in [4.78, 5) is 36.0. The van der Waals surface area contributed by atoms with Crippen LogP contribution in [0.25, 0.3) is 0 Å². The number of carbonyl (C=O) groups is 3. The van der Waals surface area contributed by atoms with Crippen LogP contribution in [0.2, 0.25) is 0 Å². The summed E-state index contributed by atoms with van der Waals surface area (Å²) in [6.07, 6.45) is 2.26. The van der Waals surface area contributed by atoms with E-state index in [9.17, 15) is 27.9 Å². The van der Waals surface area contributed by atoms with Crippen molar-refractivity contribution in [2.45, 2.75) is 10.8 Å². The molecule has 32 heavy (non-hydrogen) atoms. The number of benzene rings is 2. The molecule has 0 aliphatic carbocycles. The van der Waals surface area contributed by atoms with Gasteiger partial charge in [0.2, 0.25) is 5.91 Å². The molecule has 2 amide bonds. The Morgan fingerprint density at radius 2 is 1.84 bits per heavy atom. The number of hydrazone groups is 1. The number of carboxylic acids is 1. The molecule has 0 heterocycles. The lowest BCUT2D eigenvalue weighted by Crippen LogP contribution is -2.39. The quantitative estimate of drug-likeness (QED) is 0.143. The molecule has 0 bridgehead atoms. The number of sulfone groups is 1. The second-order valence-electron chi connectivity index (χ2n) is 6.73. The lowest BCUT2D eigenvalue weighted by molar-refractivity contribution is -0.138. The van der Waals surface area contributed by atoms with Crippen LogP contribution in [0.5, 0.6) is 0 Å². The third-order valence-electron chi connectivity index (χ3n) is 4.33. The Balaban J connectivity index is 1.96. The van der Waals surface area contributed by atoms with Crippen LogP contribution in [0, 0.1) is 0 Å². The second-order valence-corrected chi connectivity index (χ2v) is 8.74. The zero-order valence-corrected chi connectivity index (χ0v) is 17.9. The zero-order chi connectivity index (χ0) is 23.7. The lowest BCUT2D eigenvalue weighted by atomic mass is 9.99. The van der Waals surface area contributed by atoms with Crippen molar-refractivity contribution in [1.29, 1.82) is 0 Å². The van der Waals surface area contributed by atoms with Crippen molar-refractivity contribution in [2.24, 2.45) is 10.9 Å². The van der Waals surface area contributed by atoms with Crippen LogP contribution in [0.1, 0.15) is 21.8 Å². The van der Waals surface area contributed by atoms with E-state index in [0.29, 0.717) is 5.69 Å². The molecule has 0 fully saturated rings. The number of amides is 2. The first kappa shape index (κ1) is 24.3. The maximum atomic E-state index is 12.2. The predicted molar refractivity (Wildman–Crippen MR) is 118 cm³/mol. The van der Waals surface area contributed by atoms with Gasteiger partial charge in [-0.3, -0.25) is 14.4 Å². The Bertz CT molecular complexity index is 1130. The monoisotopic (exact) mass is 461 g/mol. The van der Waals surface area contributed by atoms with E-state index in [1.807, 2.05) is 0 Å². The summed E-state index contributed by atoms with van der Waals surface area (Å²) in [6, 6.07) is 11.9. The van der Waals surface area contributed by atoms with Crippen molar-refractivity contribution < 1.29 is 27.9 Å². The standard InChI is InChI=1S/C20H23N5O6S/c1-32(30,31)16-7-3-4-13(9-16)17(20(28)29)10-22-18(26)11-23-19(27)14-5-2-6-15(8-14)24-12-25-21/h2-9,12,17H,10-11,21H2,1H3,(H,22,26)(H,23,27)(H,24,25)(H,28,29). The van der Waals surface area contributed by atoms with Crippen molar-refractivity contribution >= 4 is 39.6 Å². The van der Waals surface area contributed by atoms with E-state index < -0.39 is 33.5 Å². The molecular formula is C20H23N5O6S. The summed E-state index contributed by atoms with van der Waals surface area (Å²) >= 11 is 0. The van der Waals surface area contributed by atoms with Crippen molar-refractivity contribution in [3.05, 3.63) is 59.7 Å². The Kier molecular flexibility index (Phi) is 8.30. The largest absolute Gasteiger partial charge is 0.481 e. The minimum absolute atomic E-state index is 0.0192. The fraction of sp³-hybridized carbons (Fsp3) is 0.200. The highest BCUT2D eigenvalue weighted by molar-refractivity contribution is 7.90. The number of carboxylic acid groups (broad SMARTS) is 1. The van der Waals surface area contributed by atoms with Gasteiger partial charge in [0.15, 0.2) is 9.84 Å². The summed E-state index contributed by atoms with van der Waals surface area (Å²) in [5.74, 6) is 1.50. The highest BCUT2D eigenvalue weighted by Gasteiger charge is 2.22. The van der Waals surface area contributed by atoms with Gasteiger partial charge in [0.25, 0.3) is 5.91 Å². The Morgan fingerprint density at radius 3 is 2.50 bits per heavy atom. The van der Waals surface area contributed by atoms with Crippen LogP contribution in [0.3, 0.4) is 0 Å². The van der Waals surface area contributed by atoms with E-state index in [2.05, 4.69) is 21.1 Å². The van der Waals surface area contributed by atoms with Gasteiger partial charge >= 0.3 is 5.97 Å². The first-order valence-electron chi connectivity index (χ1n) is 9.28. The molecule has 0 aliphatic rings. The Morgan fingerprint density at radius 1 is 1.12 bits per heavy atom. The summed E-state index contributed by atoms with van der Waals surface area (Å²) in [5.41, 5.74) is 1.08. The molecule has 1 atom stereocenters. The van der Waals surface area contributed by atoms with Crippen molar-refractivity contribution in [3.8, 4) is 0 Å². The lowest BCUT2D eigenvalue weighted by Gasteiger charge is -2.15. The number of hydrogen-bond donors (Lipinski definition) is 5. The van der Waals surface area contributed by atoms with Crippen LogP contribution in [0.4, 0.5) is 5.69 Å². The summed E-state index contributed by atoms with van der Waals surface area (Å²) < 4.78 is 23.4. The van der Waals surface area contributed by atoms with E-state index in [1.54, 1.807) is 18.2 Å². The maximum absolute atomic E-state index is 12.2. The minimum Gasteiger partial charge on any atom is -0.481 e. The van der Waals surface area contributed by atoms with Gasteiger partial charge in [-0.05, 0) is 35.9 Å². The van der Waals surface area contributed by atoms with Crippen LogP contribution < -0.4 is 21.8 Å². The van der Waals surface area contributed by atoms with Gasteiger partial charge < -0.3 is 26.9 Å². The predicted octanol–water partition coefficient (Wildman–Crippen LogP) is 0.118. The molecule has 1 unspecified atom stereocenters. The zero-order valence-electron chi connectivity index (χ0n) is 17.1. The number of anilines is 1. The number of rotatable bonds is 10. The first-order valence-corrected chi connectivity index (χ1v) is 11.2. The van der Waals surface area contributed by atoms with Crippen LogP contribution in [-0.2, 0) is 19.4 Å². The number of hydrogen-bond acceptors (Lipinski definition) is 7. The molecule has 0 saturated heterocycles. The molecule has 2 aromatic carbocycles. The third kappa shape index (κ3) is 7.09. The molecule has 0 aliphatic heterocycles. The molecule has 170 valence electrons. The fourth-order valence-corrected chi connectivity index (χ4v) is 3.39. The highest BCUT2D eigenvalue weighted by Crippen LogP contribution is 2.19. The number of nitrogens with one attached hydrogen (secondary N) is 3. The SMILES string of the molecule is CS(=O)(=O)c1cccc(C(CNC(=O)CNC(=O)c2cccc(NC=NN)c2)C(=O)O)c1. The minimum atomic E-state index is -3.51. The Labute approximate surface area is 184 Å². The molecule has 6 N–H and O–H groups in total. The maximum Gasteiger partial charge on any atom is 0.312 e. The molecule has 12 heteroatoms. The normalized spacial score (nSPS) is 12.2. The van der Waals surface area contributed by atoms with Crippen LogP contribution in [0.15, 0.2) is 58.5 Å². The second kappa shape index (κ2) is 10.9. The number of nitrogens with two attached hydrogens (primary N) is 1. The van der Waals surface area contributed by atoms with E-state index in [1.165, 1.54) is 36.7 Å². The average Bonchev–Trinajstić information content (AvgIpc) is 2.75. The highest BCUT2D eigenvalue weighted by atomic mass is 32.2. The molecule has 2 aromatic rings. The molecular weight excluding hydrogens is 438 g/mol. The summed E-state index contributed by atoms with van der Waals surface area (Å²) in [7, 11) is -3.51. The molecule has 0 saturated carbocycles. The average molecular weight is 462 g/mol. The first-order chi connectivity index (χ1) is 15.1. The molecule has 0 radical (unpaired) electrons. The van der Waals surface area contributed by atoms with Gasteiger partial charge in [0, 0.05) is 24.1 Å². The van der Waals surface area contributed by atoms with Gasteiger partial charge in [0.05, 0.1) is 17.4 Å². The topological polar surface area (TPSA) is 180 Å². The van der Waals surface area contributed by atoms with Crippen molar-refractivity contribution in [1.82, 2.24) is 10.6 Å². The van der Waals surface area contributed by atoms with Crippen molar-refractivity contribution in [3.63, 3.8) is 0 Å². The van der Waals surface area contributed by atoms with Crippen LogP contribution >= 0.6 is 0 Å². The summed E-state index contributed by atoms with van der Waals surface area (Å²) in [5, 5.41) is 20.4. The Hall–Kier alpha value is -3.93. The van der Waals surface area contributed by atoms with Gasteiger partial charge in [0.1, 0.15) is 6.34 Å². The summed E-state index contributed by atoms with van der Waals surface area (Å²) in [6.45, 7) is -0.661. The van der Waals surface area contributed by atoms with E-state index in [0.717, 1.165) is 6.26 Å². The van der Waals surface area contributed by atoms with Gasteiger partial charge in [-0.15, -0.1) is 0 Å². The third-order valence-corrected chi connectivity index (χ3v) is 5.44. The molecule has 2 rings (SSSR count). The fourth-order valence-electron chi connectivity index (χ4n) is 2.71. The van der Waals surface area contributed by atoms with Crippen molar-refractivity contribution in [2.75, 3.05) is 24.7 Å².